The van der Waals surface area contributed by atoms with Crippen molar-refractivity contribution in [3.05, 3.63) is 22.9 Å². The van der Waals surface area contributed by atoms with Crippen molar-refractivity contribution < 1.29 is 0 Å². The van der Waals surface area contributed by atoms with Gasteiger partial charge in [0.1, 0.15) is 0 Å². The second kappa shape index (κ2) is 6.18. The van der Waals surface area contributed by atoms with Crippen LogP contribution < -0.4 is 11.4 Å². The first-order valence-corrected chi connectivity index (χ1v) is 6.85. The van der Waals surface area contributed by atoms with Gasteiger partial charge in [-0.15, -0.1) is 0 Å². The molecule has 0 radical (unpaired) electrons. The highest BCUT2D eigenvalue weighted by atomic mass is 32.1. The minimum atomic E-state index is -0.134. The van der Waals surface area contributed by atoms with Crippen molar-refractivity contribution in [1.82, 2.24) is 9.13 Å². The maximum absolute atomic E-state index is 11.9. The van der Waals surface area contributed by atoms with E-state index in [-0.39, 0.29) is 11.1 Å². The lowest BCUT2D eigenvalue weighted by atomic mass is 9.88. The summed E-state index contributed by atoms with van der Waals surface area (Å²) in [4.78, 5) is 12.5. The number of aryl methyl sites for hydroxylation is 2. The first-order valence-electron chi connectivity index (χ1n) is 6.44. The molecule has 5 heteroatoms. The Kier molecular flexibility index (Phi) is 5.14. The summed E-state index contributed by atoms with van der Waals surface area (Å²) >= 11 is 5.03. The van der Waals surface area contributed by atoms with Crippen molar-refractivity contribution in [2.24, 2.45) is 11.1 Å². The fraction of sp³-hybridized carbons (Fsp3) is 0.692. The Morgan fingerprint density at radius 1 is 1.33 bits per heavy atom. The molecule has 0 fully saturated rings. The number of imidazole rings is 1. The Balaban J connectivity index is 2.55. The lowest BCUT2D eigenvalue weighted by molar-refractivity contribution is 0.432. The zero-order chi connectivity index (χ0) is 13.8. The Bertz CT molecular complexity index is 459. The SMILES string of the molecule is CCCn1ccn(CCCC(C)(C)C(N)=S)c1=O. The van der Waals surface area contributed by atoms with Gasteiger partial charge in [-0.2, -0.15) is 0 Å². The number of hydrogen-bond donors (Lipinski definition) is 1. The van der Waals surface area contributed by atoms with Gasteiger partial charge in [-0.25, -0.2) is 4.79 Å². The number of hydrogen-bond acceptors (Lipinski definition) is 2. The maximum atomic E-state index is 11.9. The summed E-state index contributed by atoms with van der Waals surface area (Å²) in [5.74, 6) is 0. The highest BCUT2D eigenvalue weighted by Crippen LogP contribution is 2.22. The third kappa shape index (κ3) is 3.70. The van der Waals surface area contributed by atoms with E-state index in [4.69, 9.17) is 18.0 Å². The predicted molar refractivity (Wildman–Crippen MR) is 78.8 cm³/mol. The molecule has 4 nitrogen and oxygen atoms in total. The van der Waals surface area contributed by atoms with Gasteiger partial charge < -0.3 is 5.73 Å². The van der Waals surface area contributed by atoms with E-state index in [1.807, 2.05) is 26.2 Å². The summed E-state index contributed by atoms with van der Waals surface area (Å²) in [7, 11) is 0. The second-order valence-corrected chi connectivity index (χ2v) is 5.76. The molecule has 0 saturated carbocycles. The smallest absolute Gasteiger partial charge is 0.328 e. The van der Waals surface area contributed by atoms with Gasteiger partial charge in [-0.05, 0) is 19.3 Å². The van der Waals surface area contributed by atoms with Crippen molar-refractivity contribution in [3.8, 4) is 0 Å². The zero-order valence-corrected chi connectivity index (χ0v) is 12.3. The molecule has 1 aromatic heterocycles. The van der Waals surface area contributed by atoms with Gasteiger partial charge in [0.25, 0.3) is 0 Å². The van der Waals surface area contributed by atoms with Crippen LogP contribution >= 0.6 is 12.2 Å². The van der Waals surface area contributed by atoms with Crippen LogP contribution in [0.4, 0.5) is 0 Å². The molecule has 0 aromatic carbocycles. The Labute approximate surface area is 114 Å². The molecule has 0 aliphatic carbocycles. The number of rotatable bonds is 7. The van der Waals surface area contributed by atoms with Gasteiger partial charge in [0.2, 0.25) is 0 Å². The molecule has 102 valence electrons. The van der Waals surface area contributed by atoms with Crippen LogP contribution in [0.1, 0.15) is 40.0 Å². The molecule has 0 bridgehead atoms. The molecular weight excluding hydrogens is 246 g/mol. The van der Waals surface area contributed by atoms with E-state index in [9.17, 15) is 4.79 Å². The Morgan fingerprint density at radius 2 is 1.89 bits per heavy atom. The molecule has 0 saturated heterocycles. The largest absolute Gasteiger partial charge is 0.393 e. The quantitative estimate of drug-likeness (QED) is 0.772. The van der Waals surface area contributed by atoms with Crippen molar-refractivity contribution >= 4 is 17.2 Å². The van der Waals surface area contributed by atoms with Crippen LogP contribution in [0.25, 0.3) is 0 Å². The summed E-state index contributed by atoms with van der Waals surface area (Å²) in [6, 6.07) is 0. The van der Waals surface area contributed by atoms with E-state index in [0.29, 0.717) is 4.99 Å². The molecular formula is C13H23N3OS. The number of nitrogens with zero attached hydrogens (tertiary/aromatic N) is 2. The van der Waals surface area contributed by atoms with E-state index in [1.54, 1.807) is 9.13 Å². The summed E-state index contributed by atoms with van der Waals surface area (Å²) in [6.45, 7) is 7.65. The van der Waals surface area contributed by atoms with Crippen LogP contribution in [0, 0.1) is 5.41 Å². The monoisotopic (exact) mass is 269 g/mol. The van der Waals surface area contributed by atoms with Gasteiger partial charge in [0.15, 0.2) is 0 Å². The first kappa shape index (κ1) is 15.0. The van der Waals surface area contributed by atoms with E-state index in [0.717, 1.165) is 32.4 Å². The lowest BCUT2D eigenvalue weighted by Crippen LogP contribution is -2.30. The highest BCUT2D eigenvalue weighted by Gasteiger charge is 2.20. The van der Waals surface area contributed by atoms with Gasteiger partial charge in [-0.1, -0.05) is 33.0 Å². The molecule has 0 aliphatic rings. The normalized spacial score (nSPS) is 11.7. The molecule has 0 spiro atoms. The summed E-state index contributed by atoms with van der Waals surface area (Å²) < 4.78 is 3.50. The third-order valence-electron chi connectivity index (χ3n) is 3.25. The maximum Gasteiger partial charge on any atom is 0.328 e. The fourth-order valence-electron chi connectivity index (χ4n) is 1.85. The zero-order valence-electron chi connectivity index (χ0n) is 11.5. The molecule has 1 rings (SSSR count). The molecule has 0 amide bonds. The molecule has 1 heterocycles. The molecule has 2 N–H and O–H groups in total. The Hall–Kier alpha value is -1.10. The van der Waals surface area contributed by atoms with Crippen LogP contribution in [0.3, 0.4) is 0 Å². The van der Waals surface area contributed by atoms with Crippen LogP contribution in [0.15, 0.2) is 17.2 Å². The number of nitrogens with two attached hydrogens (primary N) is 1. The van der Waals surface area contributed by atoms with E-state index >= 15 is 0 Å². The third-order valence-corrected chi connectivity index (χ3v) is 3.80. The molecule has 0 aliphatic heterocycles. The van der Waals surface area contributed by atoms with E-state index in [1.165, 1.54) is 0 Å². The minimum absolute atomic E-state index is 0.0741. The number of aromatic nitrogens is 2. The first-order chi connectivity index (χ1) is 8.38. The van der Waals surface area contributed by atoms with Crippen molar-refractivity contribution in [3.63, 3.8) is 0 Å². The van der Waals surface area contributed by atoms with E-state index in [2.05, 4.69) is 6.92 Å². The second-order valence-electron chi connectivity index (χ2n) is 5.32. The van der Waals surface area contributed by atoms with Crippen LogP contribution in [-0.2, 0) is 13.1 Å². The average molecular weight is 269 g/mol. The molecule has 1 aromatic rings. The van der Waals surface area contributed by atoms with Crippen LogP contribution in [-0.4, -0.2) is 14.1 Å². The van der Waals surface area contributed by atoms with Gasteiger partial charge in [0.05, 0.1) is 4.99 Å². The van der Waals surface area contributed by atoms with Crippen LogP contribution in [0.5, 0.6) is 0 Å². The summed E-state index contributed by atoms with van der Waals surface area (Å²) in [6.07, 6.45) is 6.48. The summed E-state index contributed by atoms with van der Waals surface area (Å²) in [5, 5.41) is 0. The topological polar surface area (TPSA) is 52.9 Å². The van der Waals surface area contributed by atoms with Crippen LogP contribution in [0.2, 0.25) is 0 Å². The predicted octanol–water partition coefficient (Wildman–Crippen LogP) is 2.15. The van der Waals surface area contributed by atoms with Gasteiger partial charge >= 0.3 is 5.69 Å². The summed E-state index contributed by atoms with van der Waals surface area (Å²) in [5.41, 5.74) is 5.62. The Morgan fingerprint density at radius 3 is 2.39 bits per heavy atom. The van der Waals surface area contributed by atoms with Gasteiger partial charge in [0, 0.05) is 30.9 Å². The highest BCUT2D eigenvalue weighted by molar-refractivity contribution is 7.80. The molecule has 0 atom stereocenters. The van der Waals surface area contributed by atoms with Crippen molar-refractivity contribution in [2.45, 2.75) is 53.1 Å². The molecule has 0 unspecified atom stereocenters. The standard InChI is InChI=1S/C13H23N3OS/c1-4-7-15-9-10-16(12(15)17)8-5-6-13(2,3)11(14)18/h9-10H,4-8H2,1-3H3,(H2,14,18). The van der Waals surface area contributed by atoms with E-state index < -0.39 is 0 Å². The number of thiocarbonyl (C=S) groups is 1. The van der Waals surface area contributed by atoms with Crippen molar-refractivity contribution in [1.29, 1.82) is 0 Å². The fourth-order valence-corrected chi connectivity index (χ4v) is 1.95. The molecule has 18 heavy (non-hydrogen) atoms. The minimum Gasteiger partial charge on any atom is -0.393 e. The van der Waals surface area contributed by atoms with Gasteiger partial charge in [-0.3, -0.25) is 9.13 Å². The lowest BCUT2D eigenvalue weighted by Gasteiger charge is -2.22. The van der Waals surface area contributed by atoms with Crippen molar-refractivity contribution in [2.75, 3.05) is 0 Å². The average Bonchev–Trinajstić information content (AvgIpc) is 2.62.